The van der Waals surface area contributed by atoms with Crippen LogP contribution in [0.1, 0.15) is 11.8 Å². The predicted molar refractivity (Wildman–Crippen MR) is 111 cm³/mol. The van der Waals surface area contributed by atoms with Crippen LogP contribution in [-0.2, 0) is 6.54 Å². The van der Waals surface area contributed by atoms with E-state index in [0.29, 0.717) is 5.92 Å². The summed E-state index contributed by atoms with van der Waals surface area (Å²) >= 11 is 1.74. The zero-order chi connectivity index (χ0) is 19.2. The fourth-order valence-electron chi connectivity index (χ4n) is 3.35. The van der Waals surface area contributed by atoms with Crippen molar-refractivity contribution in [1.82, 2.24) is 15.1 Å². The van der Waals surface area contributed by atoms with Gasteiger partial charge in [-0.15, -0.1) is 11.3 Å². The Morgan fingerprint density at radius 1 is 1.15 bits per heavy atom. The Hall–Kier alpha value is -1.80. The summed E-state index contributed by atoms with van der Waals surface area (Å²) < 4.78 is 0. The van der Waals surface area contributed by atoms with E-state index >= 15 is 0 Å². The van der Waals surface area contributed by atoms with E-state index in [1.54, 1.807) is 23.5 Å². The maximum absolute atomic E-state index is 10.8. The molecule has 27 heavy (non-hydrogen) atoms. The summed E-state index contributed by atoms with van der Waals surface area (Å²) in [7, 11) is 2.19. The molecule has 6 nitrogen and oxygen atoms in total. The highest BCUT2D eigenvalue weighted by molar-refractivity contribution is 7.15. The largest absolute Gasteiger partial charge is 0.312 e. The Bertz CT molecular complexity index is 739. The first kappa shape index (κ1) is 19.9. The second-order valence-corrected chi connectivity index (χ2v) is 8.58. The Morgan fingerprint density at radius 3 is 2.52 bits per heavy atom. The smallest absolute Gasteiger partial charge is 0.269 e. The van der Waals surface area contributed by atoms with Crippen LogP contribution >= 0.6 is 11.3 Å². The van der Waals surface area contributed by atoms with E-state index in [1.807, 2.05) is 12.1 Å². The molecule has 1 saturated heterocycles. The van der Waals surface area contributed by atoms with Crippen LogP contribution in [-0.4, -0.2) is 61.0 Å². The topological polar surface area (TPSA) is 61.7 Å². The summed E-state index contributed by atoms with van der Waals surface area (Å²) in [6.07, 6.45) is 0. The molecule has 0 aliphatic carbocycles. The Kier molecular flexibility index (Phi) is 6.95. The van der Waals surface area contributed by atoms with Crippen LogP contribution in [0, 0.1) is 16.0 Å². The van der Waals surface area contributed by atoms with Gasteiger partial charge in [0.05, 0.1) is 4.92 Å². The SMILES string of the molecule is CC(CNCc1ccc(-c2ccc([N+](=O)[O-])cc2)s1)CN1CCN(C)CC1. The number of nitro groups is 1. The molecule has 0 spiro atoms. The van der Waals surface area contributed by atoms with Gasteiger partial charge in [0.15, 0.2) is 0 Å². The summed E-state index contributed by atoms with van der Waals surface area (Å²) in [5, 5.41) is 14.3. The van der Waals surface area contributed by atoms with Crippen LogP contribution in [0.4, 0.5) is 5.69 Å². The lowest BCUT2D eigenvalue weighted by atomic mass is 10.1. The molecule has 0 amide bonds. The molecular weight excluding hydrogens is 360 g/mol. The summed E-state index contributed by atoms with van der Waals surface area (Å²) in [6, 6.07) is 11.0. The number of hydrogen-bond donors (Lipinski definition) is 1. The third-order valence-corrected chi connectivity index (χ3v) is 6.12. The number of rotatable bonds is 8. The fourth-order valence-corrected chi connectivity index (χ4v) is 4.34. The number of likely N-dealkylation sites (N-methyl/N-ethyl adjacent to an activating group) is 1. The zero-order valence-electron chi connectivity index (χ0n) is 16.1. The molecule has 2 heterocycles. The van der Waals surface area contributed by atoms with E-state index in [2.05, 4.69) is 41.2 Å². The standard InChI is InChI=1S/C20H28N4O2S/c1-16(15-23-11-9-22(2)10-12-23)13-21-14-19-7-8-20(27-19)17-3-5-18(6-4-17)24(25)26/h3-8,16,21H,9-15H2,1-2H3. The lowest BCUT2D eigenvalue weighted by Crippen LogP contribution is -2.46. The minimum Gasteiger partial charge on any atom is -0.312 e. The molecule has 1 fully saturated rings. The van der Waals surface area contributed by atoms with Crippen LogP contribution in [0.25, 0.3) is 10.4 Å². The van der Waals surface area contributed by atoms with Gasteiger partial charge < -0.3 is 15.1 Å². The van der Waals surface area contributed by atoms with E-state index < -0.39 is 0 Å². The van der Waals surface area contributed by atoms with Gasteiger partial charge >= 0.3 is 0 Å². The van der Waals surface area contributed by atoms with Crippen molar-refractivity contribution in [3.8, 4) is 10.4 Å². The molecule has 0 bridgehead atoms. The van der Waals surface area contributed by atoms with Crippen LogP contribution in [0.15, 0.2) is 36.4 Å². The van der Waals surface area contributed by atoms with Crippen molar-refractivity contribution in [2.24, 2.45) is 5.92 Å². The van der Waals surface area contributed by atoms with Gasteiger partial charge in [0.25, 0.3) is 5.69 Å². The lowest BCUT2D eigenvalue weighted by Gasteiger charge is -2.34. The minimum atomic E-state index is -0.364. The van der Waals surface area contributed by atoms with E-state index in [-0.39, 0.29) is 10.6 Å². The molecule has 1 aliphatic heterocycles. The minimum absolute atomic E-state index is 0.131. The Balaban J connectivity index is 1.43. The normalized spacial score (nSPS) is 17.1. The molecule has 1 N–H and O–H groups in total. The van der Waals surface area contributed by atoms with Crippen molar-refractivity contribution in [3.63, 3.8) is 0 Å². The van der Waals surface area contributed by atoms with Crippen LogP contribution < -0.4 is 5.32 Å². The first-order valence-corrected chi connectivity index (χ1v) is 10.3. The highest BCUT2D eigenvalue weighted by Crippen LogP contribution is 2.29. The van der Waals surface area contributed by atoms with Crippen LogP contribution in [0.3, 0.4) is 0 Å². The zero-order valence-corrected chi connectivity index (χ0v) is 16.9. The van der Waals surface area contributed by atoms with Crippen molar-refractivity contribution in [1.29, 1.82) is 0 Å². The van der Waals surface area contributed by atoms with E-state index in [0.717, 1.165) is 30.1 Å². The number of thiophene rings is 1. The predicted octanol–water partition coefficient (Wildman–Crippen LogP) is 3.30. The van der Waals surface area contributed by atoms with Gasteiger partial charge in [-0.2, -0.15) is 0 Å². The molecule has 1 atom stereocenters. The number of nitro benzene ring substituents is 1. The molecule has 1 aromatic heterocycles. The van der Waals surface area contributed by atoms with Gasteiger partial charge in [-0.3, -0.25) is 10.1 Å². The van der Waals surface area contributed by atoms with Gasteiger partial charge in [0, 0.05) is 61.2 Å². The van der Waals surface area contributed by atoms with E-state index in [1.165, 1.54) is 31.1 Å². The summed E-state index contributed by atoms with van der Waals surface area (Å²) in [6.45, 7) is 10.0. The summed E-state index contributed by atoms with van der Waals surface area (Å²) in [5.41, 5.74) is 1.16. The average molecular weight is 389 g/mol. The van der Waals surface area contributed by atoms with Gasteiger partial charge in [-0.1, -0.05) is 6.92 Å². The maximum atomic E-state index is 10.8. The van der Waals surface area contributed by atoms with E-state index in [4.69, 9.17) is 0 Å². The van der Waals surface area contributed by atoms with Gasteiger partial charge in [-0.25, -0.2) is 0 Å². The Labute approximate surface area is 164 Å². The molecule has 0 radical (unpaired) electrons. The van der Waals surface area contributed by atoms with Gasteiger partial charge in [0.2, 0.25) is 0 Å². The molecule has 2 aromatic rings. The van der Waals surface area contributed by atoms with Crippen molar-refractivity contribution >= 4 is 17.0 Å². The number of hydrogen-bond acceptors (Lipinski definition) is 6. The van der Waals surface area contributed by atoms with Crippen LogP contribution in [0.2, 0.25) is 0 Å². The molecule has 146 valence electrons. The van der Waals surface area contributed by atoms with Crippen molar-refractivity contribution in [3.05, 3.63) is 51.4 Å². The fraction of sp³-hybridized carbons (Fsp3) is 0.500. The van der Waals surface area contributed by atoms with Crippen molar-refractivity contribution < 1.29 is 4.92 Å². The average Bonchev–Trinajstić information content (AvgIpc) is 3.12. The van der Waals surface area contributed by atoms with Crippen LogP contribution in [0.5, 0.6) is 0 Å². The second kappa shape index (κ2) is 9.41. The number of piperazine rings is 1. The molecule has 7 heteroatoms. The summed E-state index contributed by atoms with van der Waals surface area (Å²) in [5.74, 6) is 0.627. The van der Waals surface area contributed by atoms with Crippen molar-refractivity contribution in [2.75, 3.05) is 46.3 Å². The molecule has 1 aromatic carbocycles. The van der Waals surface area contributed by atoms with Crippen molar-refractivity contribution in [2.45, 2.75) is 13.5 Å². The molecule has 1 unspecified atom stereocenters. The number of nitrogens with one attached hydrogen (secondary N) is 1. The van der Waals surface area contributed by atoms with E-state index in [9.17, 15) is 10.1 Å². The summed E-state index contributed by atoms with van der Waals surface area (Å²) in [4.78, 5) is 17.8. The number of non-ortho nitro benzene ring substituents is 1. The maximum Gasteiger partial charge on any atom is 0.269 e. The third-order valence-electron chi connectivity index (χ3n) is 4.98. The highest BCUT2D eigenvalue weighted by Gasteiger charge is 2.16. The molecular formula is C20H28N4O2S. The third kappa shape index (κ3) is 5.84. The van der Waals surface area contributed by atoms with Gasteiger partial charge in [-0.05, 0) is 49.3 Å². The highest BCUT2D eigenvalue weighted by atomic mass is 32.1. The Morgan fingerprint density at radius 2 is 1.85 bits per heavy atom. The molecule has 3 rings (SSSR count). The lowest BCUT2D eigenvalue weighted by molar-refractivity contribution is -0.384. The first-order valence-electron chi connectivity index (χ1n) is 9.46. The number of nitrogens with zero attached hydrogens (tertiary/aromatic N) is 3. The molecule has 0 saturated carbocycles. The quantitative estimate of drug-likeness (QED) is 0.555. The monoisotopic (exact) mass is 388 g/mol. The first-order chi connectivity index (χ1) is 13.0. The number of benzene rings is 1. The molecule has 1 aliphatic rings. The second-order valence-electron chi connectivity index (χ2n) is 7.41. The van der Waals surface area contributed by atoms with Gasteiger partial charge in [0.1, 0.15) is 0 Å².